The van der Waals surface area contributed by atoms with Crippen LogP contribution >= 0.6 is 33.9 Å². The first-order chi connectivity index (χ1) is 13.0. The maximum Gasteiger partial charge on any atom is 0.191 e. The maximum absolute atomic E-state index is 13.5. The van der Waals surface area contributed by atoms with Crippen molar-refractivity contribution >= 4 is 50.5 Å². The number of benzene rings is 1. The van der Waals surface area contributed by atoms with E-state index in [-0.39, 0.29) is 0 Å². The number of aromatic nitrogens is 3. The second-order valence-electron chi connectivity index (χ2n) is 6.01. The quantitative estimate of drug-likeness (QED) is 0.342. The number of hydrogen-bond acceptors (Lipinski definition) is 4. The number of halogens is 3. The molecule has 0 aliphatic rings. The molecule has 0 unspecified atom stereocenters. The Balaban J connectivity index is 1.77. The summed E-state index contributed by atoms with van der Waals surface area (Å²) in [5.41, 5.74) is 3.02. The zero-order chi connectivity index (χ0) is 19.1. The molecule has 0 bridgehead atoms. The summed E-state index contributed by atoms with van der Waals surface area (Å²) in [5.74, 6) is -0.781. The zero-order valence-corrected chi connectivity index (χ0v) is 17.6. The van der Waals surface area contributed by atoms with Crippen LogP contribution in [0.25, 0.3) is 16.9 Å². The van der Waals surface area contributed by atoms with Crippen molar-refractivity contribution in [2.75, 3.05) is 11.9 Å². The van der Waals surface area contributed by atoms with E-state index in [1.54, 1.807) is 0 Å². The summed E-state index contributed by atoms with van der Waals surface area (Å²) < 4.78 is 29.9. The van der Waals surface area contributed by atoms with Crippen LogP contribution in [0, 0.1) is 15.2 Å². The summed E-state index contributed by atoms with van der Waals surface area (Å²) in [6, 6.07) is 7.84. The highest BCUT2D eigenvalue weighted by Crippen LogP contribution is 2.34. The molecule has 3 heterocycles. The van der Waals surface area contributed by atoms with E-state index in [0.29, 0.717) is 11.3 Å². The van der Waals surface area contributed by atoms with Gasteiger partial charge in [-0.2, -0.15) is 0 Å². The predicted molar refractivity (Wildman–Crippen MR) is 113 cm³/mol. The summed E-state index contributed by atoms with van der Waals surface area (Å²) in [4.78, 5) is 11.3. The fourth-order valence-electron chi connectivity index (χ4n) is 2.94. The van der Waals surface area contributed by atoms with Crippen molar-refractivity contribution < 1.29 is 8.78 Å². The molecule has 138 valence electrons. The first-order valence-corrected chi connectivity index (χ1v) is 10.2. The third-order valence-corrected chi connectivity index (χ3v) is 5.83. The number of nitrogens with zero attached hydrogens (tertiary/aromatic N) is 4. The number of thiazole rings is 1. The molecule has 0 saturated carbocycles. The fraction of sp³-hybridized carbons (Fsp3) is 0.158. The molecule has 0 radical (unpaired) electrons. The summed E-state index contributed by atoms with van der Waals surface area (Å²) in [6.07, 6.45) is 2.83. The van der Waals surface area contributed by atoms with Gasteiger partial charge in [-0.25, -0.2) is 18.7 Å². The van der Waals surface area contributed by atoms with Crippen LogP contribution in [-0.2, 0) is 6.42 Å². The van der Waals surface area contributed by atoms with Crippen molar-refractivity contribution in [2.45, 2.75) is 13.3 Å². The van der Waals surface area contributed by atoms with Gasteiger partial charge in [0, 0.05) is 27.8 Å². The molecule has 0 atom stereocenters. The summed E-state index contributed by atoms with van der Waals surface area (Å²) in [6.45, 7) is 2.07. The second-order valence-corrected chi connectivity index (χ2v) is 8.10. The van der Waals surface area contributed by atoms with Crippen LogP contribution in [0.3, 0.4) is 0 Å². The topological polar surface area (TPSA) is 33.4 Å². The average Bonchev–Trinajstić information content (AvgIpc) is 3.28. The molecular weight excluding hydrogens is 481 g/mol. The number of aryl methyl sites for hydroxylation is 1. The molecular formula is C19H15F2IN4S. The molecule has 0 fully saturated rings. The van der Waals surface area contributed by atoms with Crippen LogP contribution in [0.4, 0.5) is 19.7 Å². The maximum atomic E-state index is 13.5. The highest BCUT2D eigenvalue weighted by atomic mass is 127. The van der Waals surface area contributed by atoms with Crippen LogP contribution < -0.4 is 4.90 Å². The van der Waals surface area contributed by atoms with Gasteiger partial charge in [-0.05, 0) is 59.3 Å². The molecule has 0 aliphatic carbocycles. The third-order valence-electron chi connectivity index (χ3n) is 4.27. The number of hydrogen-bond donors (Lipinski definition) is 0. The molecule has 3 aromatic heterocycles. The van der Waals surface area contributed by atoms with Gasteiger partial charge in [0.1, 0.15) is 11.5 Å². The number of rotatable bonds is 4. The Labute approximate surface area is 172 Å². The normalized spacial score (nSPS) is 11.3. The third kappa shape index (κ3) is 3.31. The SMILES string of the molecule is CCc1nc2ccc(I)cn2c1N(C)c1nc(-c2ccc(F)c(F)c2)cs1. The zero-order valence-electron chi connectivity index (χ0n) is 14.6. The molecule has 4 rings (SSSR count). The number of fused-ring (bicyclic) bond motifs is 1. The Morgan fingerprint density at radius 1 is 1.15 bits per heavy atom. The van der Waals surface area contributed by atoms with Crippen molar-refractivity contribution in [3.05, 3.63) is 62.8 Å². The summed E-state index contributed by atoms with van der Waals surface area (Å²) >= 11 is 3.72. The van der Waals surface area contributed by atoms with Crippen molar-refractivity contribution in [3.8, 4) is 11.3 Å². The van der Waals surface area contributed by atoms with Gasteiger partial charge in [0.25, 0.3) is 0 Å². The standard InChI is InChI=1S/C19H15F2IN4S/c1-3-15-18(26-9-12(22)5-7-17(26)23-15)25(2)19-24-16(10-27-19)11-4-6-13(20)14(21)8-11/h4-10H,3H2,1-2H3. The Morgan fingerprint density at radius 2 is 1.96 bits per heavy atom. The monoisotopic (exact) mass is 496 g/mol. The van der Waals surface area contributed by atoms with Crippen LogP contribution in [0.15, 0.2) is 41.9 Å². The molecule has 0 amide bonds. The Kier molecular flexibility index (Phi) is 4.85. The van der Waals surface area contributed by atoms with Crippen LogP contribution in [0.5, 0.6) is 0 Å². The van der Waals surface area contributed by atoms with Gasteiger partial charge in [0.15, 0.2) is 16.8 Å². The van der Waals surface area contributed by atoms with Gasteiger partial charge in [0.05, 0.1) is 11.4 Å². The first kappa shape index (κ1) is 18.3. The van der Waals surface area contributed by atoms with E-state index >= 15 is 0 Å². The van der Waals surface area contributed by atoms with E-state index < -0.39 is 11.6 Å². The molecule has 0 saturated heterocycles. The lowest BCUT2D eigenvalue weighted by atomic mass is 10.2. The molecule has 8 heteroatoms. The van der Waals surface area contributed by atoms with E-state index in [0.717, 1.165) is 38.3 Å². The highest BCUT2D eigenvalue weighted by Gasteiger charge is 2.19. The Morgan fingerprint density at radius 3 is 2.70 bits per heavy atom. The second kappa shape index (κ2) is 7.16. The van der Waals surface area contributed by atoms with E-state index in [4.69, 9.17) is 4.98 Å². The van der Waals surface area contributed by atoms with Gasteiger partial charge in [-0.15, -0.1) is 11.3 Å². The molecule has 4 aromatic rings. The van der Waals surface area contributed by atoms with Gasteiger partial charge in [0.2, 0.25) is 0 Å². The van der Waals surface area contributed by atoms with Gasteiger partial charge < -0.3 is 4.90 Å². The summed E-state index contributed by atoms with van der Waals surface area (Å²) in [7, 11) is 1.94. The Bertz CT molecular complexity index is 1140. The molecule has 0 aliphatic heterocycles. The minimum absolute atomic E-state index is 0.549. The predicted octanol–water partition coefficient (Wildman–Crippen LogP) is 5.67. The van der Waals surface area contributed by atoms with Gasteiger partial charge in [-0.1, -0.05) is 6.92 Å². The highest BCUT2D eigenvalue weighted by molar-refractivity contribution is 14.1. The minimum Gasteiger partial charge on any atom is -0.305 e. The summed E-state index contributed by atoms with van der Waals surface area (Å²) in [5, 5.41) is 2.60. The number of imidazole rings is 1. The van der Waals surface area contributed by atoms with Crippen LogP contribution in [0.2, 0.25) is 0 Å². The number of anilines is 2. The Hall–Kier alpha value is -2.07. The van der Waals surface area contributed by atoms with Crippen molar-refractivity contribution in [3.63, 3.8) is 0 Å². The lowest BCUT2D eigenvalue weighted by Gasteiger charge is -2.17. The van der Waals surface area contributed by atoms with Crippen LogP contribution in [-0.4, -0.2) is 21.4 Å². The van der Waals surface area contributed by atoms with Crippen LogP contribution in [0.1, 0.15) is 12.6 Å². The average molecular weight is 496 g/mol. The molecule has 27 heavy (non-hydrogen) atoms. The van der Waals surface area contributed by atoms with Crippen molar-refractivity contribution in [1.29, 1.82) is 0 Å². The van der Waals surface area contributed by atoms with E-state index in [2.05, 4.69) is 38.9 Å². The lowest BCUT2D eigenvalue weighted by molar-refractivity contribution is 0.509. The first-order valence-electron chi connectivity index (χ1n) is 8.29. The van der Waals surface area contributed by atoms with E-state index in [9.17, 15) is 8.78 Å². The van der Waals surface area contributed by atoms with Gasteiger partial charge in [-0.3, -0.25) is 4.40 Å². The lowest BCUT2D eigenvalue weighted by Crippen LogP contribution is -2.13. The largest absolute Gasteiger partial charge is 0.305 e. The van der Waals surface area contributed by atoms with Gasteiger partial charge >= 0.3 is 0 Å². The smallest absolute Gasteiger partial charge is 0.191 e. The van der Waals surface area contributed by atoms with Crippen molar-refractivity contribution in [2.24, 2.45) is 0 Å². The number of pyridine rings is 1. The minimum atomic E-state index is -0.875. The van der Waals surface area contributed by atoms with Crippen molar-refractivity contribution in [1.82, 2.24) is 14.4 Å². The van der Waals surface area contributed by atoms with E-state index in [1.807, 2.05) is 35.7 Å². The van der Waals surface area contributed by atoms with E-state index in [1.165, 1.54) is 23.5 Å². The molecule has 0 N–H and O–H groups in total. The fourth-order valence-corrected chi connectivity index (χ4v) is 4.20. The molecule has 0 spiro atoms. The molecule has 1 aromatic carbocycles. The molecule has 4 nitrogen and oxygen atoms in total.